The normalized spacial score (nSPS) is 11.0. The summed E-state index contributed by atoms with van der Waals surface area (Å²) in [6.07, 6.45) is 3.92. The molecule has 38 heavy (non-hydrogen) atoms. The highest BCUT2D eigenvalue weighted by molar-refractivity contribution is 7.92. The van der Waals surface area contributed by atoms with Crippen LogP contribution in [0.5, 0.6) is 5.75 Å². The van der Waals surface area contributed by atoms with E-state index in [1.165, 1.54) is 30.7 Å². The largest absolute Gasteiger partial charge is 0.497 e. The number of aryl methyl sites for hydroxylation is 1. The van der Waals surface area contributed by atoms with Gasteiger partial charge in [0.1, 0.15) is 12.0 Å². The fourth-order valence-corrected chi connectivity index (χ4v) is 5.65. The van der Waals surface area contributed by atoms with Crippen LogP contribution in [0.3, 0.4) is 0 Å². The van der Waals surface area contributed by atoms with E-state index in [1.807, 2.05) is 0 Å². The summed E-state index contributed by atoms with van der Waals surface area (Å²) in [7, 11) is -1.40. The van der Waals surface area contributed by atoms with E-state index in [-0.39, 0.29) is 22.7 Å². The third-order valence-corrected chi connectivity index (χ3v) is 7.79. The molecule has 9 heteroatoms. The van der Waals surface area contributed by atoms with Crippen molar-refractivity contribution in [2.75, 3.05) is 18.5 Å². The Hall–Kier alpha value is -4.50. The molecule has 1 heterocycles. The molecule has 4 aromatic rings. The third kappa shape index (κ3) is 5.42. The summed E-state index contributed by atoms with van der Waals surface area (Å²) in [6.45, 7) is 1.67. The molecule has 0 saturated heterocycles. The second kappa shape index (κ2) is 11.3. The number of carbonyl (C=O) groups is 2. The van der Waals surface area contributed by atoms with Crippen LogP contribution < -0.4 is 9.04 Å². The van der Waals surface area contributed by atoms with Gasteiger partial charge in [0.05, 0.1) is 36.9 Å². The predicted molar refractivity (Wildman–Crippen MR) is 144 cm³/mol. The zero-order chi connectivity index (χ0) is 27.3. The van der Waals surface area contributed by atoms with Crippen LogP contribution in [0.15, 0.2) is 90.1 Å². The van der Waals surface area contributed by atoms with Gasteiger partial charge in [0.15, 0.2) is 0 Å². The highest BCUT2D eigenvalue weighted by atomic mass is 32.2. The Bertz CT molecular complexity index is 1550. The van der Waals surface area contributed by atoms with E-state index in [0.29, 0.717) is 28.0 Å². The van der Waals surface area contributed by atoms with Crippen molar-refractivity contribution in [3.05, 3.63) is 107 Å². The smallest absolute Gasteiger partial charge is 0.340 e. The molecule has 8 nitrogen and oxygen atoms in total. The summed E-state index contributed by atoms with van der Waals surface area (Å²) in [5.74, 6) is -0.172. The first-order valence-electron chi connectivity index (χ1n) is 11.6. The molecule has 4 rings (SSSR count). The first-order chi connectivity index (χ1) is 18.3. The molecule has 0 aliphatic heterocycles. The molecule has 0 atom stereocenters. The van der Waals surface area contributed by atoms with Gasteiger partial charge in [-0.3, -0.25) is 14.1 Å². The maximum absolute atomic E-state index is 14.1. The molecule has 0 aliphatic rings. The lowest BCUT2D eigenvalue weighted by atomic mass is 9.97. The molecule has 3 aromatic carbocycles. The Morgan fingerprint density at radius 3 is 2.26 bits per heavy atom. The maximum atomic E-state index is 14.1. The van der Waals surface area contributed by atoms with Gasteiger partial charge in [0.2, 0.25) is 0 Å². The van der Waals surface area contributed by atoms with Gasteiger partial charge < -0.3 is 9.47 Å². The lowest BCUT2D eigenvalue weighted by Crippen LogP contribution is -2.33. The van der Waals surface area contributed by atoms with Crippen LogP contribution in [0.1, 0.15) is 31.8 Å². The molecule has 0 aliphatic carbocycles. The summed E-state index contributed by atoms with van der Waals surface area (Å²) in [5.41, 5.74) is 3.41. The van der Waals surface area contributed by atoms with Gasteiger partial charge in [0.25, 0.3) is 10.0 Å². The Morgan fingerprint density at radius 1 is 0.974 bits per heavy atom. The van der Waals surface area contributed by atoms with Crippen LogP contribution in [-0.4, -0.2) is 39.9 Å². The minimum Gasteiger partial charge on any atom is -0.497 e. The highest BCUT2D eigenvalue weighted by Gasteiger charge is 2.31. The number of rotatable bonds is 9. The predicted octanol–water partition coefficient (Wildman–Crippen LogP) is 5.06. The average molecular weight is 531 g/mol. The number of carbonyl (C=O) groups excluding carboxylic acids is 2. The van der Waals surface area contributed by atoms with Crippen LogP contribution in [-0.2, 0) is 21.3 Å². The van der Waals surface area contributed by atoms with Gasteiger partial charge in [-0.15, -0.1) is 0 Å². The van der Waals surface area contributed by atoms with Gasteiger partial charge in [-0.1, -0.05) is 30.3 Å². The molecule has 0 radical (unpaired) electrons. The number of pyridine rings is 1. The zero-order valence-electron chi connectivity index (χ0n) is 21.1. The van der Waals surface area contributed by atoms with Crippen LogP contribution in [0.25, 0.3) is 11.1 Å². The summed E-state index contributed by atoms with van der Waals surface area (Å²) >= 11 is 0. The molecule has 194 valence electrons. The van der Waals surface area contributed by atoms with E-state index in [0.717, 1.165) is 11.8 Å². The Kier molecular flexibility index (Phi) is 7.87. The van der Waals surface area contributed by atoms with Gasteiger partial charge >= 0.3 is 5.97 Å². The molecule has 0 fully saturated rings. The van der Waals surface area contributed by atoms with E-state index in [9.17, 15) is 18.0 Å². The van der Waals surface area contributed by atoms with Crippen LogP contribution in [0.4, 0.5) is 5.69 Å². The third-order valence-electron chi connectivity index (χ3n) is 6.03. The molecule has 1 aromatic heterocycles. The van der Waals surface area contributed by atoms with E-state index in [4.69, 9.17) is 9.47 Å². The van der Waals surface area contributed by atoms with Gasteiger partial charge in [0, 0.05) is 18.0 Å². The van der Waals surface area contributed by atoms with Crippen molar-refractivity contribution in [3.8, 4) is 16.9 Å². The molecule has 0 saturated carbocycles. The molecule has 0 amide bonds. The number of nitrogens with zero attached hydrogens (tertiary/aromatic N) is 2. The minimum atomic E-state index is -4.15. The van der Waals surface area contributed by atoms with Crippen molar-refractivity contribution < 1.29 is 27.5 Å². The number of hydrogen-bond acceptors (Lipinski definition) is 7. The number of benzene rings is 3. The molecule has 0 spiro atoms. The molecular weight excluding hydrogens is 504 g/mol. The summed E-state index contributed by atoms with van der Waals surface area (Å²) < 4.78 is 39.6. The number of aromatic nitrogens is 1. The average Bonchev–Trinajstić information content (AvgIpc) is 2.96. The number of ether oxygens (including phenoxy) is 2. The van der Waals surface area contributed by atoms with E-state index in [1.54, 1.807) is 80.0 Å². The highest BCUT2D eigenvalue weighted by Crippen LogP contribution is 2.36. The van der Waals surface area contributed by atoms with Crippen LogP contribution in [0, 0.1) is 6.92 Å². The fourth-order valence-electron chi connectivity index (χ4n) is 4.11. The number of hydrogen-bond donors (Lipinski definition) is 0. The summed E-state index contributed by atoms with van der Waals surface area (Å²) in [4.78, 5) is 28.3. The van der Waals surface area contributed by atoms with Crippen molar-refractivity contribution in [2.45, 2.75) is 18.4 Å². The second-order valence-corrected chi connectivity index (χ2v) is 10.3. The number of aldehydes is 1. The van der Waals surface area contributed by atoms with Crippen LogP contribution >= 0.6 is 0 Å². The van der Waals surface area contributed by atoms with Crippen molar-refractivity contribution in [2.24, 2.45) is 0 Å². The maximum Gasteiger partial charge on any atom is 0.340 e. The van der Waals surface area contributed by atoms with Gasteiger partial charge in [-0.05, 0) is 71.6 Å². The summed E-state index contributed by atoms with van der Waals surface area (Å²) in [5, 5.41) is 0. The first-order valence-corrected chi connectivity index (χ1v) is 13.1. The molecule has 0 bridgehead atoms. The van der Waals surface area contributed by atoms with Crippen molar-refractivity contribution in [3.63, 3.8) is 0 Å². The van der Waals surface area contributed by atoms with E-state index < -0.39 is 16.0 Å². The fraction of sp³-hybridized carbons (Fsp3) is 0.138. The second-order valence-electron chi connectivity index (χ2n) is 8.47. The Balaban J connectivity index is 1.93. The minimum absolute atomic E-state index is 0.0333. The van der Waals surface area contributed by atoms with Gasteiger partial charge in [-0.25, -0.2) is 13.2 Å². The standard InChI is InChI=1S/C29H26N2O6S/c1-20-15-24(23-8-6-21(19-32)7-9-23)16-27(29(33)37-3)28(20)31(18-22-5-4-14-30-17-22)38(34,35)26-12-10-25(36-2)11-13-26/h4-17,19H,18H2,1-3H3. The number of anilines is 1. The molecular formula is C29H26N2O6S. The van der Waals surface area contributed by atoms with Crippen molar-refractivity contribution in [1.82, 2.24) is 4.98 Å². The molecule has 0 N–H and O–H groups in total. The quantitative estimate of drug-likeness (QED) is 0.220. The summed E-state index contributed by atoms with van der Waals surface area (Å²) in [6, 6.07) is 19.8. The lowest BCUT2D eigenvalue weighted by Gasteiger charge is -2.28. The number of esters is 1. The van der Waals surface area contributed by atoms with Crippen molar-refractivity contribution >= 4 is 28.0 Å². The lowest BCUT2D eigenvalue weighted by molar-refractivity contribution is 0.0601. The first kappa shape index (κ1) is 26.6. The zero-order valence-corrected chi connectivity index (χ0v) is 21.9. The van der Waals surface area contributed by atoms with Crippen LogP contribution in [0.2, 0.25) is 0 Å². The Morgan fingerprint density at radius 2 is 1.68 bits per heavy atom. The van der Waals surface area contributed by atoms with E-state index >= 15 is 0 Å². The monoisotopic (exact) mass is 530 g/mol. The molecule has 0 unspecified atom stereocenters. The Labute approximate surface area is 221 Å². The number of methoxy groups -OCH3 is 2. The topological polar surface area (TPSA) is 103 Å². The van der Waals surface area contributed by atoms with E-state index in [2.05, 4.69) is 4.98 Å². The van der Waals surface area contributed by atoms with Gasteiger partial charge in [-0.2, -0.15) is 0 Å². The number of sulfonamides is 1. The van der Waals surface area contributed by atoms with Crippen molar-refractivity contribution in [1.29, 1.82) is 0 Å². The SMILES string of the molecule is COC(=O)c1cc(-c2ccc(C=O)cc2)cc(C)c1N(Cc1cccnc1)S(=O)(=O)c1ccc(OC)cc1.